The second-order valence-electron chi connectivity index (χ2n) is 4.82. The summed E-state index contributed by atoms with van der Waals surface area (Å²) in [5.41, 5.74) is 4.51. The molecule has 3 aromatic rings. The van der Waals surface area contributed by atoms with Gasteiger partial charge in [0.25, 0.3) is 0 Å². The van der Waals surface area contributed by atoms with Gasteiger partial charge < -0.3 is 10.4 Å². The Morgan fingerprint density at radius 2 is 2.10 bits per heavy atom. The first-order chi connectivity index (χ1) is 10.2. The van der Waals surface area contributed by atoms with Crippen LogP contribution in [0, 0.1) is 6.92 Å². The predicted octanol–water partition coefficient (Wildman–Crippen LogP) is 3.10. The Morgan fingerprint density at radius 3 is 2.90 bits per heavy atom. The van der Waals surface area contributed by atoms with Gasteiger partial charge in [0.05, 0.1) is 12.2 Å². The van der Waals surface area contributed by atoms with Crippen molar-refractivity contribution in [1.82, 2.24) is 15.2 Å². The summed E-state index contributed by atoms with van der Waals surface area (Å²) in [5, 5.41) is 20.0. The van der Waals surface area contributed by atoms with Crippen LogP contribution in [-0.2, 0) is 6.54 Å². The number of hydrogen-bond acceptors (Lipinski definition) is 4. The van der Waals surface area contributed by atoms with Crippen LogP contribution in [0.2, 0.25) is 0 Å². The molecule has 0 radical (unpaired) electrons. The Labute approximate surface area is 122 Å². The molecule has 0 saturated carbocycles. The van der Waals surface area contributed by atoms with E-state index in [9.17, 15) is 5.11 Å². The molecule has 0 unspecified atom stereocenters. The minimum atomic E-state index is 0.206. The van der Waals surface area contributed by atoms with Gasteiger partial charge >= 0.3 is 0 Å². The molecule has 5 nitrogen and oxygen atoms in total. The van der Waals surface area contributed by atoms with Crippen LogP contribution in [-0.4, -0.2) is 20.3 Å². The van der Waals surface area contributed by atoms with Gasteiger partial charge in [0.1, 0.15) is 11.4 Å². The average Bonchev–Trinajstić information content (AvgIpc) is 3.03. The van der Waals surface area contributed by atoms with Gasteiger partial charge in [-0.15, -0.1) is 0 Å². The summed E-state index contributed by atoms with van der Waals surface area (Å²) < 4.78 is 0. The molecule has 0 aliphatic heterocycles. The molecular formula is C16H16N4O. The summed E-state index contributed by atoms with van der Waals surface area (Å²) in [5.74, 6) is 0.206. The average molecular weight is 280 g/mol. The van der Waals surface area contributed by atoms with Gasteiger partial charge in [0.15, 0.2) is 0 Å². The molecule has 2 heterocycles. The zero-order valence-corrected chi connectivity index (χ0v) is 11.7. The van der Waals surface area contributed by atoms with E-state index in [4.69, 9.17) is 0 Å². The third-order valence-electron chi connectivity index (χ3n) is 3.22. The third kappa shape index (κ3) is 3.02. The van der Waals surface area contributed by atoms with Gasteiger partial charge in [-0.1, -0.05) is 12.1 Å². The molecule has 106 valence electrons. The summed E-state index contributed by atoms with van der Waals surface area (Å²) in [6, 6.07) is 13.4. The molecule has 0 spiro atoms. The highest BCUT2D eigenvalue weighted by molar-refractivity contribution is 5.64. The molecular weight excluding hydrogens is 264 g/mol. The zero-order valence-electron chi connectivity index (χ0n) is 11.7. The molecule has 0 saturated heterocycles. The number of aromatic hydroxyl groups is 1. The van der Waals surface area contributed by atoms with E-state index < -0.39 is 0 Å². The van der Waals surface area contributed by atoms with E-state index in [2.05, 4.69) is 20.5 Å². The van der Waals surface area contributed by atoms with Crippen molar-refractivity contribution in [3.63, 3.8) is 0 Å². The van der Waals surface area contributed by atoms with Crippen molar-refractivity contribution in [2.75, 3.05) is 5.32 Å². The van der Waals surface area contributed by atoms with Gasteiger partial charge in [-0.25, -0.2) is 0 Å². The molecule has 5 heteroatoms. The molecule has 3 N–H and O–H groups in total. The lowest BCUT2D eigenvalue weighted by Gasteiger charge is -2.09. The lowest BCUT2D eigenvalue weighted by molar-refractivity contribution is 0.464. The third-order valence-corrected chi connectivity index (χ3v) is 3.22. The second-order valence-corrected chi connectivity index (χ2v) is 4.82. The Bertz CT molecular complexity index is 738. The van der Waals surface area contributed by atoms with Crippen molar-refractivity contribution in [3.05, 3.63) is 60.0 Å². The maximum Gasteiger partial charge on any atom is 0.138 e. The Balaban J connectivity index is 1.76. The maximum atomic E-state index is 9.80. The van der Waals surface area contributed by atoms with Crippen LogP contribution in [0.5, 0.6) is 5.75 Å². The number of rotatable bonds is 4. The van der Waals surface area contributed by atoms with Gasteiger partial charge in [0.2, 0.25) is 0 Å². The normalized spacial score (nSPS) is 10.5. The number of nitrogens with one attached hydrogen (secondary N) is 2. The first-order valence-electron chi connectivity index (χ1n) is 6.71. The standard InChI is InChI=1S/C16H16N4O/c1-11-5-6-16(21)15(19-11)10-17-13-4-2-3-12(9-13)14-7-8-18-20-14/h2-9,17,21H,10H2,1H3,(H,18,20). The first kappa shape index (κ1) is 13.2. The Kier molecular flexibility index (Phi) is 3.55. The molecule has 0 aliphatic carbocycles. The van der Waals surface area contributed by atoms with E-state index >= 15 is 0 Å². The monoisotopic (exact) mass is 280 g/mol. The molecule has 2 aromatic heterocycles. The van der Waals surface area contributed by atoms with Crippen LogP contribution in [0.15, 0.2) is 48.7 Å². The van der Waals surface area contributed by atoms with Crippen molar-refractivity contribution in [2.45, 2.75) is 13.5 Å². The molecule has 0 bridgehead atoms. The lowest BCUT2D eigenvalue weighted by Crippen LogP contribution is -2.03. The summed E-state index contributed by atoms with van der Waals surface area (Å²) in [7, 11) is 0. The number of H-pyrrole nitrogens is 1. The summed E-state index contributed by atoms with van der Waals surface area (Å²) in [6.07, 6.45) is 1.73. The summed E-state index contributed by atoms with van der Waals surface area (Å²) in [4.78, 5) is 4.33. The van der Waals surface area contributed by atoms with Crippen LogP contribution < -0.4 is 5.32 Å². The van der Waals surface area contributed by atoms with E-state index in [0.717, 1.165) is 22.6 Å². The van der Waals surface area contributed by atoms with Crippen LogP contribution in [0.3, 0.4) is 0 Å². The molecule has 3 rings (SSSR count). The van der Waals surface area contributed by atoms with Crippen molar-refractivity contribution in [3.8, 4) is 17.0 Å². The highest BCUT2D eigenvalue weighted by Gasteiger charge is 2.04. The SMILES string of the molecule is Cc1ccc(O)c(CNc2cccc(-c3ccn[nH]3)c2)n1. The fourth-order valence-corrected chi connectivity index (χ4v) is 2.13. The molecule has 0 aliphatic rings. The van der Waals surface area contributed by atoms with Crippen molar-refractivity contribution in [1.29, 1.82) is 0 Å². The van der Waals surface area contributed by atoms with E-state index in [1.165, 1.54) is 0 Å². The largest absolute Gasteiger partial charge is 0.506 e. The van der Waals surface area contributed by atoms with Gasteiger partial charge in [-0.2, -0.15) is 5.10 Å². The van der Waals surface area contributed by atoms with E-state index in [0.29, 0.717) is 12.2 Å². The first-order valence-corrected chi connectivity index (χ1v) is 6.71. The highest BCUT2D eigenvalue weighted by atomic mass is 16.3. The topological polar surface area (TPSA) is 73.8 Å². The second kappa shape index (κ2) is 5.66. The number of pyridine rings is 1. The summed E-state index contributed by atoms with van der Waals surface area (Å²) in [6.45, 7) is 2.38. The number of nitrogens with zero attached hydrogens (tertiary/aromatic N) is 2. The fourth-order valence-electron chi connectivity index (χ4n) is 2.13. The fraction of sp³-hybridized carbons (Fsp3) is 0.125. The Hall–Kier alpha value is -2.82. The summed E-state index contributed by atoms with van der Waals surface area (Å²) >= 11 is 0. The minimum absolute atomic E-state index is 0.206. The van der Waals surface area contributed by atoms with Crippen molar-refractivity contribution >= 4 is 5.69 Å². The quantitative estimate of drug-likeness (QED) is 0.686. The number of aromatic nitrogens is 3. The number of hydrogen-bond donors (Lipinski definition) is 3. The Morgan fingerprint density at radius 1 is 1.19 bits per heavy atom. The van der Waals surface area contributed by atoms with Gasteiger partial charge in [0, 0.05) is 23.1 Å². The van der Waals surface area contributed by atoms with Crippen LogP contribution in [0.1, 0.15) is 11.4 Å². The number of aryl methyl sites for hydroxylation is 1. The van der Waals surface area contributed by atoms with Crippen LogP contribution in [0.25, 0.3) is 11.3 Å². The number of anilines is 1. The number of aromatic amines is 1. The number of benzene rings is 1. The van der Waals surface area contributed by atoms with Crippen LogP contribution in [0.4, 0.5) is 5.69 Å². The van der Waals surface area contributed by atoms with Gasteiger partial charge in [-0.3, -0.25) is 10.1 Å². The predicted molar refractivity (Wildman–Crippen MR) is 82.0 cm³/mol. The van der Waals surface area contributed by atoms with Crippen LogP contribution >= 0.6 is 0 Å². The molecule has 21 heavy (non-hydrogen) atoms. The maximum absolute atomic E-state index is 9.80. The van der Waals surface area contributed by atoms with Gasteiger partial charge in [-0.05, 0) is 37.3 Å². The van der Waals surface area contributed by atoms with Crippen molar-refractivity contribution < 1.29 is 5.11 Å². The molecule has 0 atom stereocenters. The molecule has 0 amide bonds. The smallest absolute Gasteiger partial charge is 0.138 e. The van der Waals surface area contributed by atoms with E-state index in [1.54, 1.807) is 18.3 Å². The molecule has 1 aromatic carbocycles. The lowest BCUT2D eigenvalue weighted by atomic mass is 10.1. The highest BCUT2D eigenvalue weighted by Crippen LogP contribution is 2.22. The molecule has 0 fully saturated rings. The zero-order chi connectivity index (χ0) is 14.7. The van der Waals surface area contributed by atoms with E-state index in [-0.39, 0.29) is 5.75 Å². The van der Waals surface area contributed by atoms with E-state index in [1.807, 2.05) is 37.3 Å². The minimum Gasteiger partial charge on any atom is -0.506 e. The van der Waals surface area contributed by atoms with Crippen molar-refractivity contribution in [2.24, 2.45) is 0 Å².